The van der Waals surface area contributed by atoms with Gasteiger partial charge >= 0.3 is 0 Å². The second-order valence-corrected chi connectivity index (χ2v) is 6.63. The molecule has 0 amide bonds. The summed E-state index contributed by atoms with van der Waals surface area (Å²) in [6.07, 6.45) is 7.53. The minimum Gasteiger partial charge on any atom is -0.487 e. The molecule has 0 radical (unpaired) electrons. The quantitative estimate of drug-likeness (QED) is 0.817. The van der Waals surface area contributed by atoms with Gasteiger partial charge in [0.1, 0.15) is 11.9 Å². The van der Waals surface area contributed by atoms with Gasteiger partial charge in [0.2, 0.25) is 0 Å². The van der Waals surface area contributed by atoms with Crippen LogP contribution >= 0.6 is 0 Å². The summed E-state index contributed by atoms with van der Waals surface area (Å²) in [7, 11) is 0. The first kappa shape index (κ1) is 14.9. The number of hydrogen-bond acceptors (Lipinski definition) is 3. The van der Waals surface area contributed by atoms with E-state index in [4.69, 9.17) is 4.74 Å². The molecule has 0 aliphatic heterocycles. The molecule has 0 bridgehead atoms. The fourth-order valence-electron chi connectivity index (χ4n) is 3.06. The molecule has 2 atom stereocenters. The van der Waals surface area contributed by atoms with Crippen LogP contribution in [-0.4, -0.2) is 23.4 Å². The molecule has 2 saturated carbocycles. The van der Waals surface area contributed by atoms with Crippen molar-refractivity contribution < 1.29 is 9.84 Å². The summed E-state index contributed by atoms with van der Waals surface area (Å²) in [5.74, 6) is 0.944. The number of ether oxygens (including phenoxy) is 1. The monoisotopic (exact) mass is 289 g/mol. The summed E-state index contributed by atoms with van der Waals surface area (Å²) >= 11 is 0. The van der Waals surface area contributed by atoms with Crippen molar-refractivity contribution in [2.45, 2.75) is 76.7 Å². The van der Waals surface area contributed by atoms with Gasteiger partial charge in [-0.15, -0.1) is 0 Å². The zero-order valence-corrected chi connectivity index (χ0v) is 13.0. The molecule has 116 valence electrons. The third-order valence-corrected chi connectivity index (χ3v) is 4.57. The van der Waals surface area contributed by atoms with Gasteiger partial charge in [-0.3, -0.25) is 0 Å². The highest BCUT2D eigenvalue weighted by Gasteiger charge is 2.25. The Balaban J connectivity index is 1.69. The average molecular weight is 289 g/mol. The topological polar surface area (TPSA) is 41.5 Å². The predicted octanol–water partition coefficient (Wildman–Crippen LogP) is 3.32. The number of rotatable bonds is 5. The van der Waals surface area contributed by atoms with Crippen molar-refractivity contribution in [1.29, 1.82) is 0 Å². The minimum atomic E-state index is -0.321. The van der Waals surface area contributed by atoms with Crippen LogP contribution in [-0.2, 0) is 6.54 Å². The molecule has 2 aliphatic rings. The fraction of sp³-hybridized carbons (Fsp3) is 0.667. The molecular formula is C18H27NO2. The molecule has 2 aliphatic carbocycles. The van der Waals surface area contributed by atoms with Crippen LogP contribution in [0.1, 0.15) is 56.1 Å². The summed E-state index contributed by atoms with van der Waals surface area (Å²) in [5.41, 5.74) is 2.48. The maximum atomic E-state index is 10.2. The van der Waals surface area contributed by atoms with E-state index in [2.05, 4.69) is 30.4 Å². The van der Waals surface area contributed by atoms with Crippen molar-refractivity contribution in [2.75, 3.05) is 0 Å². The van der Waals surface area contributed by atoms with E-state index in [0.717, 1.165) is 38.0 Å². The third kappa shape index (κ3) is 4.21. The average Bonchev–Trinajstić information content (AvgIpc) is 3.29. The molecule has 0 heterocycles. The number of aliphatic hydroxyl groups is 1. The van der Waals surface area contributed by atoms with Gasteiger partial charge in [-0.1, -0.05) is 30.5 Å². The molecule has 3 heteroatoms. The first-order valence-corrected chi connectivity index (χ1v) is 8.40. The zero-order valence-electron chi connectivity index (χ0n) is 13.0. The maximum Gasteiger partial charge on any atom is 0.124 e. The molecule has 0 saturated heterocycles. The SMILES string of the molecule is Cc1ccc(OC2CCCCCC2O)c(CNC2CC2)c1. The lowest BCUT2D eigenvalue weighted by Gasteiger charge is -2.24. The normalized spacial score (nSPS) is 26.4. The highest BCUT2D eigenvalue weighted by molar-refractivity contribution is 5.37. The van der Waals surface area contributed by atoms with Crippen LogP contribution in [0.2, 0.25) is 0 Å². The summed E-state index contributed by atoms with van der Waals surface area (Å²) in [6, 6.07) is 7.06. The van der Waals surface area contributed by atoms with E-state index >= 15 is 0 Å². The minimum absolute atomic E-state index is 0.0464. The summed E-state index contributed by atoms with van der Waals surface area (Å²) in [5, 5.41) is 13.8. The van der Waals surface area contributed by atoms with Crippen LogP contribution in [0.5, 0.6) is 5.75 Å². The largest absolute Gasteiger partial charge is 0.487 e. The van der Waals surface area contributed by atoms with Crippen molar-refractivity contribution in [3.05, 3.63) is 29.3 Å². The van der Waals surface area contributed by atoms with Crippen LogP contribution in [0.25, 0.3) is 0 Å². The van der Waals surface area contributed by atoms with E-state index in [1.165, 1.54) is 30.4 Å². The molecular weight excluding hydrogens is 262 g/mol. The molecule has 2 fully saturated rings. The first-order chi connectivity index (χ1) is 10.2. The molecule has 1 aromatic rings. The van der Waals surface area contributed by atoms with Gasteiger partial charge in [-0.05, 0) is 45.1 Å². The van der Waals surface area contributed by atoms with Gasteiger partial charge < -0.3 is 15.2 Å². The van der Waals surface area contributed by atoms with E-state index in [1.807, 2.05) is 0 Å². The van der Waals surface area contributed by atoms with E-state index in [0.29, 0.717) is 6.04 Å². The van der Waals surface area contributed by atoms with Gasteiger partial charge in [0.05, 0.1) is 6.10 Å². The standard InChI is InChI=1S/C18H27NO2/c1-13-7-10-17(14(11-13)12-19-15-8-9-15)21-18-6-4-2-3-5-16(18)20/h7,10-11,15-16,18-20H,2-6,8-9,12H2,1H3. The number of hydrogen-bond donors (Lipinski definition) is 2. The smallest absolute Gasteiger partial charge is 0.124 e. The molecule has 21 heavy (non-hydrogen) atoms. The molecule has 3 rings (SSSR count). The van der Waals surface area contributed by atoms with E-state index in [9.17, 15) is 5.11 Å². The summed E-state index contributed by atoms with van der Waals surface area (Å²) in [4.78, 5) is 0. The van der Waals surface area contributed by atoms with Crippen molar-refractivity contribution in [1.82, 2.24) is 5.32 Å². The Bertz CT molecular complexity index is 470. The Morgan fingerprint density at radius 3 is 2.76 bits per heavy atom. The second-order valence-electron chi connectivity index (χ2n) is 6.63. The lowest BCUT2D eigenvalue weighted by Crippen LogP contribution is -2.31. The molecule has 1 aromatic carbocycles. The highest BCUT2D eigenvalue weighted by atomic mass is 16.5. The van der Waals surface area contributed by atoms with E-state index in [1.54, 1.807) is 0 Å². The Morgan fingerprint density at radius 1 is 1.14 bits per heavy atom. The Morgan fingerprint density at radius 2 is 1.95 bits per heavy atom. The maximum absolute atomic E-state index is 10.2. The first-order valence-electron chi connectivity index (χ1n) is 8.40. The molecule has 3 nitrogen and oxygen atoms in total. The Hall–Kier alpha value is -1.06. The van der Waals surface area contributed by atoms with E-state index in [-0.39, 0.29) is 12.2 Å². The predicted molar refractivity (Wildman–Crippen MR) is 84.5 cm³/mol. The van der Waals surface area contributed by atoms with Crippen LogP contribution in [0, 0.1) is 6.92 Å². The zero-order chi connectivity index (χ0) is 14.7. The summed E-state index contributed by atoms with van der Waals surface area (Å²) < 4.78 is 6.20. The van der Waals surface area contributed by atoms with Crippen molar-refractivity contribution in [3.8, 4) is 5.75 Å². The molecule has 0 aromatic heterocycles. The lowest BCUT2D eigenvalue weighted by molar-refractivity contribution is 0.0314. The van der Waals surface area contributed by atoms with Crippen LogP contribution in [0.4, 0.5) is 0 Å². The number of aryl methyl sites for hydroxylation is 1. The number of nitrogens with one attached hydrogen (secondary N) is 1. The van der Waals surface area contributed by atoms with Gasteiger partial charge in [0.25, 0.3) is 0 Å². The van der Waals surface area contributed by atoms with Crippen LogP contribution in [0.3, 0.4) is 0 Å². The van der Waals surface area contributed by atoms with Crippen molar-refractivity contribution >= 4 is 0 Å². The molecule has 0 spiro atoms. The second kappa shape index (κ2) is 6.80. The van der Waals surface area contributed by atoms with E-state index < -0.39 is 0 Å². The summed E-state index contributed by atoms with van der Waals surface area (Å²) in [6.45, 7) is 2.98. The van der Waals surface area contributed by atoms with Crippen molar-refractivity contribution in [3.63, 3.8) is 0 Å². The highest BCUT2D eigenvalue weighted by Crippen LogP contribution is 2.28. The van der Waals surface area contributed by atoms with Crippen molar-refractivity contribution in [2.24, 2.45) is 0 Å². The lowest BCUT2D eigenvalue weighted by atomic mass is 10.1. The van der Waals surface area contributed by atoms with Crippen LogP contribution in [0.15, 0.2) is 18.2 Å². The van der Waals surface area contributed by atoms with Gasteiger partial charge in [0, 0.05) is 18.2 Å². The van der Waals surface area contributed by atoms with Gasteiger partial charge in [-0.2, -0.15) is 0 Å². The van der Waals surface area contributed by atoms with Gasteiger partial charge in [-0.25, -0.2) is 0 Å². The van der Waals surface area contributed by atoms with Crippen LogP contribution < -0.4 is 10.1 Å². The molecule has 2 unspecified atom stereocenters. The number of benzene rings is 1. The molecule has 2 N–H and O–H groups in total. The Kier molecular flexibility index (Phi) is 4.81. The third-order valence-electron chi connectivity index (χ3n) is 4.57. The number of aliphatic hydroxyl groups excluding tert-OH is 1. The fourth-order valence-corrected chi connectivity index (χ4v) is 3.06. The Labute approximate surface area is 127 Å². The van der Waals surface area contributed by atoms with Gasteiger partial charge in [0.15, 0.2) is 0 Å².